The standard InChI is InChI=1S/C15H17N5O/c1-9(2)13-16-15(19-18-13)17-14(21)11-8-20(3)12-7-5-4-6-10(11)12/h4-9H,1-3H3,(H2,16,17,18,19,21). The van der Waals surface area contributed by atoms with E-state index in [1.165, 1.54) is 0 Å². The minimum atomic E-state index is -0.207. The smallest absolute Gasteiger partial charge is 0.260 e. The molecule has 0 unspecified atom stereocenters. The number of para-hydroxylation sites is 1. The maximum atomic E-state index is 12.4. The molecule has 0 bridgehead atoms. The number of aromatic nitrogens is 4. The number of rotatable bonds is 3. The molecule has 3 aromatic rings. The van der Waals surface area contributed by atoms with Gasteiger partial charge >= 0.3 is 0 Å². The molecular weight excluding hydrogens is 266 g/mol. The highest BCUT2D eigenvalue weighted by atomic mass is 16.1. The lowest BCUT2D eigenvalue weighted by Gasteiger charge is -1.99. The van der Waals surface area contributed by atoms with Gasteiger partial charge in [-0.1, -0.05) is 32.0 Å². The van der Waals surface area contributed by atoms with Gasteiger partial charge in [0.25, 0.3) is 5.91 Å². The van der Waals surface area contributed by atoms with Crippen LogP contribution in [-0.2, 0) is 7.05 Å². The Morgan fingerprint density at radius 2 is 2.10 bits per heavy atom. The van der Waals surface area contributed by atoms with E-state index in [9.17, 15) is 4.79 Å². The van der Waals surface area contributed by atoms with Gasteiger partial charge in [-0.2, -0.15) is 4.98 Å². The van der Waals surface area contributed by atoms with E-state index in [-0.39, 0.29) is 11.8 Å². The van der Waals surface area contributed by atoms with Crippen LogP contribution in [0.15, 0.2) is 30.5 Å². The fourth-order valence-electron chi connectivity index (χ4n) is 2.28. The largest absolute Gasteiger partial charge is 0.350 e. The normalized spacial score (nSPS) is 11.2. The Kier molecular flexibility index (Phi) is 3.21. The van der Waals surface area contributed by atoms with Gasteiger partial charge in [-0.05, 0) is 6.07 Å². The summed E-state index contributed by atoms with van der Waals surface area (Å²) in [4.78, 5) is 16.7. The van der Waals surface area contributed by atoms with Crippen LogP contribution in [0, 0.1) is 0 Å². The number of aryl methyl sites for hydroxylation is 1. The number of benzene rings is 1. The number of fused-ring (bicyclic) bond motifs is 1. The van der Waals surface area contributed by atoms with E-state index in [2.05, 4.69) is 20.5 Å². The summed E-state index contributed by atoms with van der Waals surface area (Å²) in [5, 5.41) is 10.5. The average Bonchev–Trinajstić information content (AvgIpc) is 3.05. The Labute approximate surface area is 122 Å². The van der Waals surface area contributed by atoms with Crippen LogP contribution in [0.3, 0.4) is 0 Å². The molecule has 6 nitrogen and oxygen atoms in total. The van der Waals surface area contributed by atoms with E-state index in [0.717, 1.165) is 16.7 Å². The Morgan fingerprint density at radius 3 is 2.81 bits per heavy atom. The van der Waals surface area contributed by atoms with Crippen molar-refractivity contribution in [1.82, 2.24) is 19.7 Å². The fraction of sp³-hybridized carbons (Fsp3) is 0.267. The van der Waals surface area contributed by atoms with Gasteiger partial charge in [0.2, 0.25) is 5.95 Å². The quantitative estimate of drug-likeness (QED) is 0.776. The Balaban J connectivity index is 1.90. The average molecular weight is 283 g/mol. The minimum Gasteiger partial charge on any atom is -0.350 e. The van der Waals surface area contributed by atoms with E-state index < -0.39 is 0 Å². The van der Waals surface area contributed by atoms with Crippen molar-refractivity contribution < 1.29 is 4.79 Å². The summed E-state index contributed by atoms with van der Waals surface area (Å²) in [5.74, 6) is 1.08. The zero-order chi connectivity index (χ0) is 15.0. The van der Waals surface area contributed by atoms with Crippen LogP contribution in [0.25, 0.3) is 10.9 Å². The van der Waals surface area contributed by atoms with Crippen molar-refractivity contribution in [1.29, 1.82) is 0 Å². The molecule has 6 heteroatoms. The predicted octanol–water partition coefficient (Wildman–Crippen LogP) is 2.67. The van der Waals surface area contributed by atoms with Crippen molar-refractivity contribution >= 4 is 22.8 Å². The van der Waals surface area contributed by atoms with Crippen LogP contribution in [0.2, 0.25) is 0 Å². The molecule has 21 heavy (non-hydrogen) atoms. The molecule has 2 heterocycles. The molecule has 108 valence electrons. The van der Waals surface area contributed by atoms with Crippen molar-refractivity contribution in [2.45, 2.75) is 19.8 Å². The first-order chi connectivity index (χ1) is 10.1. The summed E-state index contributed by atoms with van der Waals surface area (Å²) in [7, 11) is 1.92. The van der Waals surface area contributed by atoms with Crippen LogP contribution in [0.5, 0.6) is 0 Å². The van der Waals surface area contributed by atoms with Gasteiger partial charge in [0.1, 0.15) is 5.82 Å². The van der Waals surface area contributed by atoms with E-state index in [4.69, 9.17) is 0 Å². The first-order valence-electron chi connectivity index (χ1n) is 6.84. The summed E-state index contributed by atoms with van der Waals surface area (Å²) >= 11 is 0. The zero-order valence-corrected chi connectivity index (χ0v) is 12.2. The molecule has 2 aromatic heterocycles. The number of hydrogen-bond donors (Lipinski definition) is 2. The molecule has 3 rings (SSSR count). The third kappa shape index (κ3) is 2.40. The number of carbonyl (C=O) groups excluding carboxylic acids is 1. The SMILES string of the molecule is CC(C)c1nc(NC(=O)c2cn(C)c3ccccc23)n[nH]1. The van der Waals surface area contributed by atoms with Crippen molar-refractivity contribution in [2.24, 2.45) is 7.05 Å². The first kappa shape index (κ1) is 13.4. The molecule has 1 amide bonds. The van der Waals surface area contributed by atoms with Gasteiger partial charge < -0.3 is 4.57 Å². The second-order valence-corrected chi connectivity index (χ2v) is 5.32. The van der Waals surface area contributed by atoms with Crippen molar-refractivity contribution in [3.63, 3.8) is 0 Å². The summed E-state index contributed by atoms with van der Waals surface area (Å²) in [6.45, 7) is 4.02. The summed E-state index contributed by atoms with van der Waals surface area (Å²) < 4.78 is 1.93. The monoisotopic (exact) mass is 283 g/mol. The molecule has 0 atom stereocenters. The molecule has 0 aliphatic rings. The number of nitrogens with zero attached hydrogens (tertiary/aromatic N) is 3. The lowest BCUT2D eigenvalue weighted by atomic mass is 10.1. The highest BCUT2D eigenvalue weighted by Crippen LogP contribution is 2.21. The molecule has 0 aliphatic carbocycles. The number of aromatic amines is 1. The highest BCUT2D eigenvalue weighted by molar-refractivity contribution is 6.12. The fourth-order valence-corrected chi connectivity index (χ4v) is 2.28. The highest BCUT2D eigenvalue weighted by Gasteiger charge is 2.16. The van der Waals surface area contributed by atoms with E-state index in [1.54, 1.807) is 0 Å². The van der Waals surface area contributed by atoms with Crippen LogP contribution in [-0.4, -0.2) is 25.7 Å². The van der Waals surface area contributed by atoms with Gasteiger partial charge in [-0.15, -0.1) is 5.10 Å². The maximum absolute atomic E-state index is 12.4. The van der Waals surface area contributed by atoms with Gasteiger partial charge in [-0.25, -0.2) is 0 Å². The molecular formula is C15H17N5O. The minimum absolute atomic E-state index is 0.207. The summed E-state index contributed by atoms with van der Waals surface area (Å²) in [6.07, 6.45) is 1.82. The number of amides is 1. The van der Waals surface area contributed by atoms with E-state index in [0.29, 0.717) is 11.5 Å². The third-order valence-corrected chi connectivity index (χ3v) is 3.42. The summed E-state index contributed by atoms with van der Waals surface area (Å²) in [5.41, 5.74) is 1.63. The predicted molar refractivity (Wildman–Crippen MR) is 81.3 cm³/mol. The molecule has 0 fully saturated rings. The third-order valence-electron chi connectivity index (χ3n) is 3.42. The number of anilines is 1. The summed E-state index contributed by atoms with van der Waals surface area (Å²) in [6, 6.07) is 7.79. The van der Waals surface area contributed by atoms with E-state index in [1.807, 2.05) is 55.9 Å². The number of hydrogen-bond acceptors (Lipinski definition) is 3. The van der Waals surface area contributed by atoms with E-state index >= 15 is 0 Å². The van der Waals surface area contributed by atoms with Crippen molar-refractivity contribution in [3.8, 4) is 0 Å². The molecule has 1 aromatic carbocycles. The van der Waals surface area contributed by atoms with Crippen LogP contribution < -0.4 is 5.32 Å². The molecule has 0 radical (unpaired) electrons. The molecule has 0 spiro atoms. The molecule has 0 saturated carbocycles. The Morgan fingerprint density at radius 1 is 1.33 bits per heavy atom. The maximum Gasteiger partial charge on any atom is 0.260 e. The van der Waals surface area contributed by atoms with Gasteiger partial charge in [0, 0.05) is 30.1 Å². The second-order valence-electron chi connectivity index (χ2n) is 5.32. The van der Waals surface area contributed by atoms with Crippen LogP contribution in [0.4, 0.5) is 5.95 Å². The number of nitrogens with one attached hydrogen (secondary N) is 2. The molecule has 2 N–H and O–H groups in total. The Bertz CT molecular complexity index is 799. The topological polar surface area (TPSA) is 75.6 Å². The van der Waals surface area contributed by atoms with Gasteiger partial charge in [0.05, 0.1) is 5.56 Å². The lowest BCUT2D eigenvalue weighted by Crippen LogP contribution is -2.12. The van der Waals surface area contributed by atoms with Crippen LogP contribution >= 0.6 is 0 Å². The molecule has 0 aliphatic heterocycles. The van der Waals surface area contributed by atoms with Gasteiger partial charge in [0.15, 0.2) is 0 Å². The number of carbonyl (C=O) groups is 1. The van der Waals surface area contributed by atoms with Gasteiger partial charge in [-0.3, -0.25) is 15.2 Å². The zero-order valence-electron chi connectivity index (χ0n) is 12.2. The second kappa shape index (κ2) is 5.05. The number of H-pyrrole nitrogens is 1. The Hall–Kier alpha value is -2.63. The van der Waals surface area contributed by atoms with Crippen molar-refractivity contribution in [2.75, 3.05) is 5.32 Å². The molecule has 0 saturated heterocycles. The van der Waals surface area contributed by atoms with Crippen molar-refractivity contribution in [3.05, 3.63) is 41.9 Å². The first-order valence-corrected chi connectivity index (χ1v) is 6.84. The van der Waals surface area contributed by atoms with Crippen LogP contribution in [0.1, 0.15) is 35.9 Å². The lowest BCUT2D eigenvalue weighted by molar-refractivity contribution is 0.102.